The highest BCUT2D eigenvalue weighted by molar-refractivity contribution is 7.94. The van der Waals surface area contributed by atoms with Gasteiger partial charge in [-0.2, -0.15) is 0 Å². The lowest BCUT2D eigenvalue weighted by Gasteiger charge is -2.26. The minimum absolute atomic E-state index is 0.168. The first-order chi connectivity index (χ1) is 12.3. The van der Waals surface area contributed by atoms with Gasteiger partial charge in [0, 0.05) is 23.9 Å². The predicted octanol–water partition coefficient (Wildman–Crippen LogP) is 3.29. The predicted molar refractivity (Wildman–Crippen MR) is 98.1 cm³/mol. The molecule has 8 heteroatoms. The molecule has 26 heavy (non-hydrogen) atoms. The Morgan fingerprint density at radius 1 is 1.31 bits per heavy atom. The van der Waals surface area contributed by atoms with E-state index in [-0.39, 0.29) is 16.0 Å². The number of amides is 1. The zero-order chi connectivity index (χ0) is 18.5. The van der Waals surface area contributed by atoms with Crippen LogP contribution < -0.4 is 4.72 Å². The SMILES string of the molecule is Cc1cc(F)ccc1NS(=O)(=O)c1cc2c(s1)CCN(C(=O)C1CC1)C2. The molecule has 1 aliphatic heterocycles. The molecule has 0 saturated heterocycles. The van der Waals surface area contributed by atoms with Crippen molar-refractivity contribution >= 4 is 33.0 Å². The zero-order valence-corrected chi connectivity index (χ0v) is 15.9. The molecule has 2 aromatic rings. The maximum absolute atomic E-state index is 13.2. The summed E-state index contributed by atoms with van der Waals surface area (Å²) in [6, 6.07) is 5.60. The molecule has 4 rings (SSSR count). The van der Waals surface area contributed by atoms with E-state index in [1.807, 2.05) is 4.90 Å². The van der Waals surface area contributed by atoms with Crippen molar-refractivity contribution < 1.29 is 17.6 Å². The van der Waals surface area contributed by atoms with Crippen LogP contribution in [0.2, 0.25) is 0 Å². The van der Waals surface area contributed by atoms with E-state index in [9.17, 15) is 17.6 Å². The minimum atomic E-state index is -3.74. The van der Waals surface area contributed by atoms with Gasteiger partial charge in [0.2, 0.25) is 5.91 Å². The Bertz CT molecular complexity index is 980. The van der Waals surface area contributed by atoms with E-state index in [1.54, 1.807) is 13.0 Å². The van der Waals surface area contributed by atoms with Gasteiger partial charge >= 0.3 is 0 Å². The number of benzene rings is 1. The second-order valence-corrected chi connectivity index (χ2v) is 9.91. The minimum Gasteiger partial charge on any atom is -0.338 e. The van der Waals surface area contributed by atoms with Crippen LogP contribution in [-0.2, 0) is 27.8 Å². The Hall–Kier alpha value is -1.93. The van der Waals surface area contributed by atoms with Crippen molar-refractivity contribution in [2.24, 2.45) is 5.92 Å². The molecule has 138 valence electrons. The van der Waals surface area contributed by atoms with Gasteiger partial charge in [0.25, 0.3) is 10.0 Å². The summed E-state index contributed by atoms with van der Waals surface area (Å²) in [6.45, 7) is 2.78. The van der Waals surface area contributed by atoms with E-state index in [4.69, 9.17) is 0 Å². The highest BCUT2D eigenvalue weighted by Gasteiger charge is 2.35. The fraction of sp³-hybridized carbons (Fsp3) is 0.389. The van der Waals surface area contributed by atoms with Crippen molar-refractivity contribution in [2.75, 3.05) is 11.3 Å². The summed E-state index contributed by atoms with van der Waals surface area (Å²) in [6.07, 6.45) is 2.61. The number of hydrogen-bond acceptors (Lipinski definition) is 4. The summed E-state index contributed by atoms with van der Waals surface area (Å²) in [5.41, 5.74) is 1.80. The normalized spacial score (nSPS) is 17.1. The van der Waals surface area contributed by atoms with Crippen molar-refractivity contribution in [3.05, 3.63) is 46.1 Å². The van der Waals surface area contributed by atoms with Crippen molar-refractivity contribution in [2.45, 2.75) is 36.9 Å². The van der Waals surface area contributed by atoms with Gasteiger partial charge in [0.15, 0.2) is 0 Å². The monoisotopic (exact) mass is 394 g/mol. The number of sulfonamides is 1. The first-order valence-electron chi connectivity index (χ1n) is 8.53. The third-order valence-corrected chi connectivity index (χ3v) is 7.86. The molecule has 2 aliphatic rings. The van der Waals surface area contributed by atoms with Gasteiger partial charge in [0.05, 0.1) is 5.69 Å². The number of carbonyl (C=O) groups excluding carboxylic acids is 1. The summed E-state index contributed by atoms with van der Waals surface area (Å²) < 4.78 is 41.4. The van der Waals surface area contributed by atoms with Gasteiger partial charge in [-0.3, -0.25) is 9.52 Å². The van der Waals surface area contributed by atoms with Crippen LogP contribution in [0.25, 0.3) is 0 Å². The number of aryl methyl sites for hydroxylation is 1. The molecule has 1 aromatic carbocycles. The second kappa shape index (κ2) is 6.35. The number of halogens is 1. The van der Waals surface area contributed by atoms with Gasteiger partial charge in [-0.25, -0.2) is 12.8 Å². The van der Waals surface area contributed by atoms with Gasteiger partial charge in [-0.15, -0.1) is 11.3 Å². The molecule has 0 atom stereocenters. The fourth-order valence-corrected chi connectivity index (χ4v) is 5.83. The maximum Gasteiger partial charge on any atom is 0.271 e. The summed E-state index contributed by atoms with van der Waals surface area (Å²) in [5, 5.41) is 0. The number of hydrogen-bond donors (Lipinski definition) is 1. The summed E-state index contributed by atoms with van der Waals surface area (Å²) in [7, 11) is -3.74. The molecule has 1 amide bonds. The number of fused-ring (bicyclic) bond motifs is 1. The van der Waals surface area contributed by atoms with E-state index in [1.165, 1.54) is 29.5 Å². The molecule has 0 radical (unpaired) electrons. The summed E-state index contributed by atoms with van der Waals surface area (Å²) >= 11 is 1.25. The van der Waals surface area contributed by atoms with E-state index in [0.717, 1.165) is 23.3 Å². The van der Waals surface area contributed by atoms with E-state index in [2.05, 4.69) is 4.72 Å². The highest BCUT2D eigenvalue weighted by Crippen LogP contribution is 2.36. The van der Waals surface area contributed by atoms with Gasteiger partial charge < -0.3 is 4.90 Å². The van der Waals surface area contributed by atoms with Crippen molar-refractivity contribution in [1.82, 2.24) is 4.90 Å². The summed E-state index contributed by atoms with van der Waals surface area (Å²) in [5.74, 6) is -0.0507. The van der Waals surface area contributed by atoms with E-state index in [0.29, 0.717) is 30.8 Å². The van der Waals surface area contributed by atoms with E-state index >= 15 is 0 Å². The molecule has 1 aliphatic carbocycles. The average molecular weight is 394 g/mol. The van der Waals surface area contributed by atoms with Gasteiger partial charge in [-0.1, -0.05) is 0 Å². The molecule has 0 unspecified atom stereocenters. The quantitative estimate of drug-likeness (QED) is 0.865. The van der Waals surface area contributed by atoms with Crippen molar-refractivity contribution in [3.63, 3.8) is 0 Å². The van der Waals surface area contributed by atoms with E-state index < -0.39 is 15.8 Å². The lowest BCUT2D eigenvalue weighted by atomic mass is 10.1. The third-order valence-electron chi connectivity index (χ3n) is 4.78. The molecule has 1 N–H and O–H groups in total. The Labute approximate surface area is 155 Å². The number of thiophene rings is 1. The smallest absolute Gasteiger partial charge is 0.271 e. The average Bonchev–Trinajstić information content (AvgIpc) is 3.34. The van der Waals surface area contributed by atoms with Crippen molar-refractivity contribution in [3.8, 4) is 0 Å². The molecule has 2 heterocycles. The Kier molecular flexibility index (Phi) is 4.27. The third kappa shape index (κ3) is 3.35. The lowest BCUT2D eigenvalue weighted by molar-refractivity contribution is -0.133. The molecule has 1 fully saturated rings. The Balaban J connectivity index is 1.55. The van der Waals surface area contributed by atoms with Crippen LogP contribution in [0.15, 0.2) is 28.5 Å². The molecule has 1 saturated carbocycles. The van der Waals surface area contributed by atoms with Crippen LogP contribution in [0.3, 0.4) is 0 Å². The van der Waals surface area contributed by atoms with Crippen LogP contribution in [0, 0.1) is 18.7 Å². The largest absolute Gasteiger partial charge is 0.338 e. The number of nitrogens with one attached hydrogen (secondary N) is 1. The first kappa shape index (κ1) is 17.5. The van der Waals surface area contributed by atoms with Crippen LogP contribution >= 0.6 is 11.3 Å². The Morgan fingerprint density at radius 3 is 2.77 bits per heavy atom. The van der Waals surface area contributed by atoms with Crippen LogP contribution in [-0.4, -0.2) is 25.8 Å². The number of carbonyl (C=O) groups is 1. The van der Waals surface area contributed by atoms with Gasteiger partial charge in [0.1, 0.15) is 10.0 Å². The highest BCUT2D eigenvalue weighted by atomic mass is 32.2. The lowest BCUT2D eigenvalue weighted by Crippen LogP contribution is -2.36. The molecule has 0 bridgehead atoms. The van der Waals surface area contributed by atoms with Crippen LogP contribution in [0.4, 0.5) is 10.1 Å². The first-order valence-corrected chi connectivity index (χ1v) is 10.8. The van der Waals surface area contributed by atoms with Gasteiger partial charge in [-0.05, 0) is 61.6 Å². The second-order valence-electron chi connectivity index (χ2n) is 6.86. The molecular weight excluding hydrogens is 375 g/mol. The number of nitrogens with zero attached hydrogens (tertiary/aromatic N) is 1. The fourth-order valence-electron chi connectivity index (χ4n) is 3.15. The summed E-state index contributed by atoms with van der Waals surface area (Å²) in [4.78, 5) is 15.1. The molecular formula is C18H19FN2O3S2. The standard InChI is InChI=1S/C18H19FN2O3S2/c1-11-8-14(19)4-5-15(11)20-26(23,24)17-9-13-10-21(7-6-16(13)25-17)18(22)12-2-3-12/h4-5,8-9,12,20H,2-3,6-7,10H2,1H3. The molecule has 1 aromatic heterocycles. The van der Waals surface area contributed by atoms with Crippen molar-refractivity contribution in [1.29, 1.82) is 0 Å². The van der Waals surface area contributed by atoms with Crippen LogP contribution in [0.1, 0.15) is 28.8 Å². The zero-order valence-electron chi connectivity index (χ0n) is 14.3. The maximum atomic E-state index is 13.2. The number of anilines is 1. The Morgan fingerprint density at radius 2 is 2.08 bits per heavy atom. The topological polar surface area (TPSA) is 66.5 Å². The van der Waals surface area contributed by atoms with Crippen LogP contribution in [0.5, 0.6) is 0 Å². The number of rotatable bonds is 4. The molecule has 5 nitrogen and oxygen atoms in total. The molecule has 0 spiro atoms.